The molecule has 0 saturated carbocycles. The number of hydrogen-bond donors (Lipinski definition) is 0. The zero-order valence-corrected chi connectivity index (χ0v) is 28.8. The van der Waals surface area contributed by atoms with Crippen molar-refractivity contribution < 1.29 is 0 Å². The summed E-state index contributed by atoms with van der Waals surface area (Å²) in [5.74, 6) is 1.90. The average molecular weight is 677 g/mol. The first-order chi connectivity index (χ1) is 26.3. The Labute approximate surface area is 307 Å². The molecule has 10 aromatic rings. The van der Waals surface area contributed by atoms with E-state index in [4.69, 9.17) is 15.0 Å². The van der Waals surface area contributed by atoms with E-state index in [0.717, 1.165) is 44.6 Å². The highest BCUT2D eigenvalue weighted by molar-refractivity contribution is 6.21. The topological polar surface area (TPSA) is 43.6 Å². The van der Waals surface area contributed by atoms with E-state index in [1.165, 1.54) is 32.6 Å². The summed E-state index contributed by atoms with van der Waals surface area (Å²) in [5, 5.41) is 5.01. The second kappa shape index (κ2) is 12.9. The first-order valence-corrected chi connectivity index (χ1v) is 17.9. The Bertz CT molecular complexity index is 2950. The van der Waals surface area contributed by atoms with Gasteiger partial charge in [0.05, 0.1) is 16.7 Å². The third-order valence-electron chi connectivity index (χ3n) is 10.0. The minimum Gasteiger partial charge on any atom is -0.309 e. The van der Waals surface area contributed by atoms with Gasteiger partial charge in [0.1, 0.15) is 0 Å². The predicted octanol–water partition coefficient (Wildman–Crippen LogP) is 12.5. The van der Waals surface area contributed by atoms with E-state index in [9.17, 15) is 0 Å². The van der Waals surface area contributed by atoms with Crippen molar-refractivity contribution in [2.45, 2.75) is 0 Å². The van der Waals surface area contributed by atoms with Crippen molar-refractivity contribution in [1.82, 2.24) is 19.5 Å². The van der Waals surface area contributed by atoms with Gasteiger partial charge in [-0.3, -0.25) is 0 Å². The maximum Gasteiger partial charge on any atom is 0.164 e. The number of nitrogens with zero attached hydrogens (tertiary/aromatic N) is 4. The SMILES string of the molecule is c1ccc(-c2cccc(-c3nc(-c4ccccc4)nc(-c4cccc(-c5ccccc5-n5c6ccccc6c6c7ccccc7ccc65)c4)n3)c2)cc1. The van der Waals surface area contributed by atoms with Gasteiger partial charge in [-0.15, -0.1) is 0 Å². The summed E-state index contributed by atoms with van der Waals surface area (Å²) in [6, 6.07) is 68.1. The first-order valence-electron chi connectivity index (χ1n) is 17.9. The molecule has 0 unspecified atom stereocenters. The summed E-state index contributed by atoms with van der Waals surface area (Å²) in [6.07, 6.45) is 0. The summed E-state index contributed by atoms with van der Waals surface area (Å²) in [4.78, 5) is 15.2. The third-order valence-corrected chi connectivity index (χ3v) is 10.0. The van der Waals surface area contributed by atoms with Gasteiger partial charge in [-0.1, -0.05) is 164 Å². The van der Waals surface area contributed by atoms with E-state index in [-0.39, 0.29) is 0 Å². The van der Waals surface area contributed by atoms with E-state index in [2.05, 4.69) is 162 Å². The fourth-order valence-electron chi connectivity index (χ4n) is 7.56. The molecule has 0 aliphatic carbocycles. The Hall–Kier alpha value is -7.17. The van der Waals surface area contributed by atoms with Crippen molar-refractivity contribution in [3.8, 4) is 62.1 Å². The largest absolute Gasteiger partial charge is 0.309 e. The molecule has 0 radical (unpaired) electrons. The average Bonchev–Trinajstić information content (AvgIpc) is 3.59. The first kappa shape index (κ1) is 30.6. The Balaban J connectivity index is 1.14. The zero-order chi connectivity index (χ0) is 35.1. The van der Waals surface area contributed by atoms with Crippen LogP contribution in [0.5, 0.6) is 0 Å². The van der Waals surface area contributed by atoms with E-state index in [1.54, 1.807) is 0 Å². The second-order valence-corrected chi connectivity index (χ2v) is 13.3. The number of hydrogen-bond acceptors (Lipinski definition) is 3. The molecule has 0 N–H and O–H groups in total. The Morgan fingerprint density at radius 1 is 0.321 bits per heavy atom. The molecule has 4 heteroatoms. The standard InChI is InChI=1S/C49H32N4/c1-3-15-33(16-4-1)36-20-13-22-38(31-36)48-50-47(35-18-5-2-6-19-35)51-49(52-48)39-23-14-21-37(32-39)40-24-9-11-27-43(40)53-44-28-12-10-26-42(44)46-41-25-8-7-17-34(41)29-30-45(46)53/h1-32H. The smallest absolute Gasteiger partial charge is 0.164 e. The fourth-order valence-corrected chi connectivity index (χ4v) is 7.56. The summed E-state index contributed by atoms with van der Waals surface area (Å²) in [6.45, 7) is 0. The van der Waals surface area contributed by atoms with Crippen LogP contribution in [-0.4, -0.2) is 19.5 Å². The zero-order valence-electron chi connectivity index (χ0n) is 28.8. The van der Waals surface area contributed by atoms with E-state index in [0.29, 0.717) is 17.5 Å². The van der Waals surface area contributed by atoms with Crippen molar-refractivity contribution in [1.29, 1.82) is 0 Å². The van der Waals surface area contributed by atoms with Crippen LogP contribution in [-0.2, 0) is 0 Å². The van der Waals surface area contributed by atoms with Crippen LogP contribution < -0.4 is 0 Å². The van der Waals surface area contributed by atoms with Gasteiger partial charge in [-0.25, -0.2) is 15.0 Å². The Morgan fingerprint density at radius 3 is 1.60 bits per heavy atom. The number of aromatic nitrogens is 4. The van der Waals surface area contributed by atoms with Crippen LogP contribution in [0.25, 0.3) is 94.7 Å². The van der Waals surface area contributed by atoms with Gasteiger partial charge in [0.15, 0.2) is 17.5 Å². The van der Waals surface area contributed by atoms with E-state index < -0.39 is 0 Å². The number of rotatable bonds is 6. The van der Waals surface area contributed by atoms with Crippen LogP contribution >= 0.6 is 0 Å². The molecule has 2 heterocycles. The molecule has 4 nitrogen and oxygen atoms in total. The van der Waals surface area contributed by atoms with Crippen molar-refractivity contribution >= 4 is 32.6 Å². The van der Waals surface area contributed by atoms with Crippen LogP contribution in [0.1, 0.15) is 0 Å². The van der Waals surface area contributed by atoms with Gasteiger partial charge in [0.2, 0.25) is 0 Å². The quantitative estimate of drug-likeness (QED) is 0.176. The van der Waals surface area contributed by atoms with Crippen LogP contribution in [0.3, 0.4) is 0 Å². The van der Waals surface area contributed by atoms with Crippen LogP contribution in [0.15, 0.2) is 194 Å². The van der Waals surface area contributed by atoms with Gasteiger partial charge in [-0.2, -0.15) is 0 Å². The molecule has 248 valence electrons. The van der Waals surface area contributed by atoms with Gasteiger partial charge in [-0.05, 0) is 57.8 Å². The van der Waals surface area contributed by atoms with Gasteiger partial charge < -0.3 is 4.57 Å². The summed E-state index contributed by atoms with van der Waals surface area (Å²) < 4.78 is 2.41. The lowest BCUT2D eigenvalue weighted by Gasteiger charge is -2.15. The molecule has 10 rings (SSSR count). The van der Waals surface area contributed by atoms with Crippen molar-refractivity contribution in [3.05, 3.63) is 194 Å². The maximum absolute atomic E-state index is 5.12. The molecule has 0 fully saturated rings. The number of benzene rings is 8. The summed E-state index contributed by atoms with van der Waals surface area (Å²) >= 11 is 0. The highest BCUT2D eigenvalue weighted by Crippen LogP contribution is 2.40. The predicted molar refractivity (Wildman–Crippen MR) is 219 cm³/mol. The van der Waals surface area contributed by atoms with Crippen LogP contribution in [0, 0.1) is 0 Å². The van der Waals surface area contributed by atoms with E-state index >= 15 is 0 Å². The molecule has 2 aromatic heterocycles. The lowest BCUT2D eigenvalue weighted by molar-refractivity contribution is 1.07. The Morgan fingerprint density at radius 2 is 0.849 bits per heavy atom. The summed E-state index contributed by atoms with van der Waals surface area (Å²) in [7, 11) is 0. The second-order valence-electron chi connectivity index (χ2n) is 13.3. The highest BCUT2D eigenvalue weighted by atomic mass is 15.0. The van der Waals surface area contributed by atoms with Crippen molar-refractivity contribution in [2.24, 2.45) is 0 Å². The molecular formula is C49H32N4. The molecule has 0 atom stereocenters. The number of fused-ring (bicyclic) bond motifs is 5. The molecule has 53 heavy (non-hydrogen) atoms. The highest BCUT2D eigenvalue weighted by Gasteiger charge is 2.18. The molecule has 0 bridgehead atoms. The molecule has 0 spiro atoms. The molecule has 0 aliphatic heterocycles. The molecule has 0 saturated heterocycles. The van der Waals surface area contributed by atoms with E-state index in [1.807, 2.05) is 36.4 Å². The maximum atomic E-state index is 5.12. The van der Waals surface area contributed by atoms with Gasteiger partial charge in [0.25, 0.3) is 0 Å². The van der Waals surface area contributed by atoms with Crippen molar-refractivity contribution in [3.63, 3.8) is 0 Å². The van der Waals surface area contributed by atoms with Crippen molar-refractivity contribution in [2.75, 3.05) is 0 Å². The van der Waals surface area contributed by atoms with Crippen LogP contribution in [0.2, 0.25) is 0 Å². The Kier molecular flexibility index (Phi) is 7.43. The molecule has 8 aromatic carbocycles. The molecule has 0 amide bonds. The molecular weight excluding hydrogens is 645 g/mol. The van der Waals surface area contributed by atoms with Gasteiger partial charge >= 0.3 is 0 Å². The third kappa shape index (κ3) is 5.45. The van der Waals surface area contributed by atoms with Crippen LogP contribution in [0.4, 0.5) is 0 Å². The fraction of sp³-hybridized carbons (Fsp3) is 0. The molecule has 0 aliphatic rings. The van der Waals surface area contributed by atoms with Gasteiger partial charge in [0, 0.05) is 33.0 Å². The summed E-state index contributed by atoms with van der Waals surface area (Å²) in [5.41, 5.74) is 10.7. The lowest BCUT2D eigenvalue weighted by Crippen LogP contribution is -2.01. The number of para-hydroxylation sites is 2. The minimum absolute atomic E-state index is 0.627. The normalized spacial score (nSPS) is 11.4. The lowest BCUT2D eigenvalue weighted by atomic mass is 10.0. The minimum atomic E-state index is 0.627. The monoisotopic (exact) mass is 676 g/mol.